The Morgan fingerprint density at radius 1 is 1.10 bits per heavy atom. The molecular formula is C16H15ClO3. The summed E-state index contributed by atoms with van der Waals surface area (Å²) in [6.07, 6.45) is 0.723. The summed E-state index contributed by atoms with van der Waals surface area (Å²) in [5.41, 5.74) is 2.96. The van der Waals surface area contributed by atoms with E-state index in [0.29, 0.717) is 16.3 Å². The van der Waals surface area contributed by atoms with Crippen molar-refractivity contribution in [1.82, 2.24) is 0 Å². The van der Waals surface area contributed by atoms with Gasteiger partial charge >= 0.3 is 0 Å². The van der Waals surface area contributed by atoms with Gasteiger partial charge in [0.25, 0.3) is 0 Å². The highest BCUT2D eigenvalue weighted by Gasteiger charge is 2.16. The predicted molar refractivity (Wildman–Crippen MR) is 80.1 cm³/mol. The van der Waals surface area contributed by atoms with E-state index in [1.165, 1.54) is 7.11 Å². The summed E-state index contributed by atoms with van der Waals surface area (Å²) in [6, 6.07) is 9.43. The maximum atomic E-state index is 11.3. The second kappa shape index (κ2) is 5.97. The zero-order valence-electron chi connectivity index (χ0n) is 11.6. The van der Waals surface area contributed by atoms with E-state index >= 15 is 0 Å². The molecule has 0 radical (unpaired) electrons. The summed E-state index contributed by atoms with van der Waals surface area (Å²) < 4.78 is 10.4. The molecule has 2 aromatic carbocycles. The molecule has 0 N–H and O–H groups in total. The normalized spacial score (nSPS) is 10.2. The van der Waals surface area contributed by atoms with Crippen LogP contribution in [-0.4, -0.2) is 20.5 Å². The van der Waals surface area contributed by atoms with Crippen molar-refractivity contribution in [3.8, 4) is 22.6 Å². The average Bonchev–Trinajstić information content (AvgIpc) is 2.48. The minimum absolute atomic E-state index is 0.375. The fourth-order valence-electron chi connectivity index (χ4n) is 2.16. The molecule has 0 aliphatic carbocycles. The van der Waals surface area contributed by atoms with Gasteiger partial charge in [0.15, 0.2) is 6.29 Å². The third kappa shape index (κ3) is 2.49. The SMILES string of the molecule is COc1ccc(-c2cc(C)c(OC)c(C=O)c2Cl)cc1. The lowest BCUT2D eigenvalue weighted by atomic mass is 9.99. The highest BCUT2D eigenvalue weighted by atomic mass is 35.5. The molecule has 0 unspecified atom stereocenters. The van der Waals surface area contributed by atoms with E-state index in [2.05, 4.69) is 0 Å². The number of methoxy groups -OCH3 is 2. The second-order valence-corrected chi connectivity index (χ2v) is 4.73. The zero-order chi connectivity index (χ0) is 14.7. The zero-order valence-corrected chi connectivity index (χ0v) is 12.3. The molecule has 0 heterocycles. The summed E-state index contributed by atoms with van der Waals surface area (Å²) in [4.78, 5) is 11.3. The van der Waals surface area contributed by atoms with E-state index in [1.807, 2.05) is 37.3 Å². The van der Waals surface area contributed by atoms with Crippen molar-refractivity contribution in [2.24, 2.45) is 0 Å². The lowest BCUT2D eigenvalue weighted by Crippen LogP contribution is -1.97. The maximum absolute atomic E-state index is 11.3. The Morgan fingerprint density at radius 2 is 1.75 bits per heavy atom. The number of ether oxygens (including phenoxy) is 2. The fraction of sp³-hybridized carbons (Fsp3) is 0.188. The first kappa shape index (κ1) is 14.4. The number of carbonyl (C=O) groups excluding carboxylic acids is 1. The van der Waals surface area contributed by atoms with Crippen LogP contribution in [0.2, 0.25) is 5.02 Å². The van der Waals surface area contributed by atoms with Crippen LogP contribution in [0.5, 0.6) is 11.5 Å². The molecule has 104 valence electrons. The Bertz CT molecular complexity index is 633. The van der Waals surface area contributed by atoms with Crippen LogP contribution in [0.25, 0.3) is 11.1 Å². The van der Waals surface area contributed by atoms with E-state index < -0.39 is 0 Å². The molecule has 0 bridgehead atoms. The van der Waals surface area contributed by atoms with Crippen LogP contribution in [0, 0.1) is 6.92 Å². The standard InChI is InChI=1S/C16H15ClO3/c1-10-8-13(11-4-6-12(19-2)7-5-11)15(17)14(9-18)16(10)20-3/h4-9H,1-3H3. The van der Waals surface area contributed by atoms with Gasteiger partial charge < -0.3 is 9.47 Å². The lowest BCUT2D eigenvalue weighted by Gasteiger charge is -2.14. The molecule has 20 heavy (non-hydrogen) atoms. The molecule has 0 saturated carbocycles. The van der Waals surface area contributed by atoms with Gasteiger partial charge in [0.1, 0.15) is 11.5 Å². The van der Waals surface area contributed by atoms with Crippen molar-refractivity contribution >= 4 is 17.9 Å². The maximum Gasteiger partial charge on any atom is 0.155 e. The van der Waals surface area contributed by atoms with Crippen LogP contribution in [0.4, 0.5) is 0 Å². The van der Waals surface area contributed by atoms with Gasteiger partial charge in [-0.05, 0) is 36.2 Å². The number of aldehydes is 1. The molecule has 2 rings (SSSR count). The minimum atomic E-state index is 0.375. The Balaban J connectivity index is 2.62. The van der Waals surface area contributed by atoms with Gasteiger partial charge in [-0.2, -0.15) is 0 Å². The summed E-state index contributed by atoms with van der Waals surface area (Å²) in [7, 11) is 3.14. The lowest BCUT2D eigenvalue weighted by molar-refractivity contribution is 0.112. The topological polar surface area (TPSA) is 35.5 Å². The fourth-order valence-corrected chi connectivity index (χ4v) is 2.45. The van der Waals surface area contributed by atoms with Gasteiger partial charge in [0, 0.05) is 5.56 Å². The van der Waals surface area contributed by atoms with Crippen LogP contribution < -0.4 is 9.47 Å². The van der Waals surface area contributed by atoms with Crippen molar-refractivity contribution in [1.29, 1.82) is 0 Å². The van der Waals surface area contributed by atoms with Gasteiger partial charge in [-0.25, -0.2) is 0 Å². The minimum Gasteiger partial charge on any atom is -0.497 e. The Kier molecular flexibility index (Phi) is 4.30. The number of halogens is 1. The summed E-state index contributed by atoms with van der Waals surface area (Å²) >= 11 is 6.33. The number of aryl methyl sites for hydroxylation is 1. The molecule has 0 saturated heterocycles. The highest BCUT2D eigenvalue weighted by molar-refractivity contribution is 6.36. The van der Waals surface area contributed by atoms with Crippen LogP contribution in [0.15, 0.2) is 30.3 Å². The van der Waals surface area contributed by atoms with Crippen molar-refractivity contribution in [3.05, 3.63) is 46.5 Å². The third-order valence-electron chi connectivity index (χ3n) is 3.16. The Hall–Kier alpha value is -2.00. The van der Waals surface area contributed by atoms with Crippen LogP contribution >= 0.6 is 11.6 Å². The largest absolute Gasteiger partial charge is 0.497 e. The van der Waals surface area contributed by atoms with Gasteiger partial charge in [0.05, 0.1) is 24.8 Å². The number of hydrogen-bond donors (Lipinski definition) is 0. The quantitative estimate of drug-likeness (QED) is 0.794. The molecule has 0 amide bonds. The molecular weight excluding hydrogens is 276 g/mol. The van der Waals surface area contributed by atoms with Gasteiger partial charge in [-0.1, -0.05) is 23.7 Å². The first-order chi connectivity index (χ1) is 9.62. The third-order valence-corrected chi connectivity index (χ3v) is 3.57. The highest BCUT2D eigenvalue weighted by Crippen LogP contribution is 2.38. The first-order valence-corrected chi connectivity index (χ1v) is 6.46. The molecule has 2 aromatic rings. The molecule has 3 nitrogen and oxygen atoms in total. The van der Waals surface area contributed by atoms with E-state index in [9.17, 15) is 4.79 Å². The number of hydrogen-bond acceptors (Lipinski definition) is 3. The number of carbonyl (C=O) groups is 1. The van der Waals surface area contributed by atoms with E-state index in [4.69, 9.17) is 21.1 Å². The van der Waals surface area contributed by atoms with Crippen LogP contribution in [0.3, 0.4) is 0 Å². The number of benzene rings is 2. The summed E-state index contributed by atoms with van der Waals surface area (Å²) in [6.45, 7) is 1.88. The van der Waals surface area contributed by atoms with Crippen molar-refractivity contribution < 1.29 is 14.3 Å². The summed E-state index contributed by atoms with van der Waals surface area (Å²) in [5.74, 6) is 1.29. The predicted octanol–water partition coefficient (Wildman–Crippen LogP) is 4.15. The van der Waals surface area contributed by atoms with E-state index in [0.717, 1.165) is 28.7 Å². The van der Waals surface area contributed by atoms with Gasteiger partial charge in [0.2, 0.25) is 0 Å². The first-order valence-electron chi connectivity index (χ1n) is 6.09. The van der Waals surface area contributed by atoms with Crippen LogP contribution in [0.1, 0.15) is 15.9 Å². The smallest absolute Gasteiger partial charge is 0.155 e. The molecule has 0 spiro atoms. The molecule has 0 atom stereocenters. The van der Waals surface area contributed by atoms with Gasteiger partial charge in [-0.3, -0.25) is 4.79 Å². The van der Waals surface area contributed by atoms with E-state index in [-0.39, 0.29) is 0 Å². The van der Waals surface area contributed by atoms with Crippen molar-refractivity contribution in [3.63, 3.8) is 0 Å². The molecule has 0 aliphatic rings. The monoisotopic (exact) mass is 290 g/mol. The summed E-state index contributed by atoms with van der Waals surface area (Å²) in [5, 5.41) is 0.396. The van der Waals surface area contributed by atoms with Crippen LogP contribution in [-0.2, 0) is 0 Å². The van der Waals surface area contributed by atoms with Crippen molar-refractivity contribution in [2.45, 2.75) is 6.92 Å². The Labute approximate surface area is 123 Å². The number of rotatable bonds is 4. The molecule has 0 aromatic heterocycles. The average molecular weight is 291 g/mol. The van der Waals surface area contributed by atoms with Crippen molar-refractivity contribution in [2.75, 3.05) is 14.2 Å². The van der Waals surface area contributed by atoms with E-state index in [1.54, 1.807) is 7.11 Å². The molecule has 0 aliphatic heterocycles. The Morgan fingerprint density at radius 3 is 2.25 bits per heavy atom. The molecule has 0 fully saturated rings. The second-order valence-electron chi connectivity index (χ2n) is 4.35. The van der Waals surface area contributed by atoms with Gasteiger partial charge in [-0.15, -0.1) is 0 Å². The molecule has 4 heteroatoms.